The van der Waals surface area contributed by atoms with Gasteiger partial charge in [0.15, 0.2) is 0 Å². The second-order valence-electron chi connectivity index (χ2n) is 6.43. The standard InChI is InChI=1S/C11H23N3OSi2/c1-9(16(2,3)4)10-12-8-13-11(14-10)15-17(5,6)7/h8-9H,1-7H3. The Morgan fingerprint density at radius 3 is 2.12 bits per heavy atom. The normalized spacial score (nSPS) is 14.5. The molecule has 1 aromatic rings. The number of hydrogen-bond donors (Lipinski definition) is 0. The zero-order valence-electron chi connectivity index (χ0n) is 11.9. The summed E-state index contributed by atoms with van der Waals surface area (Å²) in [5.41, 5.74) is 0.412. The molecule has 0 radical (unpaired) electrons. The Labute approximate surface area is 106 Å². The minimum absolute atomic E-state index is 0.412. The maximum Gasteiger partial charge on any atom is 0.305 e. The lowest BCUT2D eigenvalue weighted by molar-refractivity contribution is 0.500. The topological polar surface area (TPSA) is 47.9 Å². The molecule has 0 amide bonds. The predicted octanol–water partition coefficient (Wildman–Crippen LogP) is 3.07. The van der Waals surface area contributed by atoms with Crippen molar-refractivity contribution >= 4 is 16.4 Å². The molecule has 0 fully saturated rings. The summed E-state index contributed by atoms with van der Waals surface area (Å²) in [7, 11) is -2.92. The highest BCUT2D eigenvalue weighted by molar-refractivity contribution is 6.77. The molecule has 0 aliphatic carbocycles. The number of nitrogens with zero attached hydrogens (tertiary/aromatic N) is 3. The highest BCUT2D eigenvalue weighted by Gasteiger charge is 2.27. The van der Waals surface area contributed by atoms with Crippen LogP contribution in [0.4, 0.5) is 0 Å². The van der Waals surface area contributed by atoms with E-state index >= 15 is 0 Å². The van der Waals surface area contributed by atoms with Crippen LogP contribution < -0.4 is 4.43 Å². The summed E-state index contributed by atoms with van der Waals surface area (Å²) in [5.74, 6) is 0.868. The average molecular weight is 269 g/mol. The van der Waals surface area contributed by atoms with Gasteiger partial charge in [0.2, 0.25) is 8.32 Å². The van der Waals surface area contributed by atoms with Crippen LogP contribution in [0, 0.1) is 0 Å². The molecule has 0 spiro atoms. The first-order valence-corrected chi connectivity index (χ1v) is 13.0. The van der Waals surface area contributed by atoms with Crippen molar-refractivity contribution in [1.82, 2.24) is 15.0 Å². The smallest absolute Gasteiger partial charge is 0.305 e. The Morgan fingerprint density at radius 1 is 1.06 bits per heavy atom. The highest BCUT2D eigenvalue weighted by atomic mass is 28.4. The molecule has 0 aliphatic heterocycles. The molecule has 0 bridgehead atoms. The van der Waals surface area contributed by atoms with E-state index in [2.05, 4.69) is 61.2 Å². The van der Waals surface area contributed by atoms with Gasteiger partial charge in [-0.2, -0.15) is 9.97 Å². The van der Waals surface area contributed by atoms with Crippen LogP contribution in [0.1, 0.15) is 18.3 Å². The van der Waals surface area contributed by atoms with Gasteiger partial charge in [0, 0.05) is 5.54 Å². The second kappa shape index (κ2) is 4.85. The first-order chi connectivity index (χ1) is 7.59. The zero-order valence-corrected chi connectivity index (χ0v) is 13.9. The molecule has 0 aliphatic rings. The van der Waals surface area contributed by atoms with Crippen LogP contribution in [-0.2, 0) is 0 Å². The van der Waals surface area contributed by atoms with Crippen molar-refractivity contribution in [3.05, 3.63) is 12.2 Å². The fourth-order valence-electron chi connectivity index (χ4n) is 1.21. The minimum Gasteiger partial charge on any atom is -0.518 e. The molecule has 0 aromatic carbocycles. The SMILES string of the molecule is CC(c1ncnc(O[Si](C)(C)C)n1)[Si](C)(C)C. The molecular weight excluding hydrogens is 246 g/mol. The van der Waals surface area contributed by atoms with Gasteiger partial charge in [-0.3, -0.25) is 0 Å². The highest BCUT2D eigenvalue weighted by Crippen LogP contribution is 2.24. The van der Waals surface area contributed by atoms with E-state index in [1.165, 1.54) is 0 Å². The average Bonchev–Trinajstić information content (AvgIpc) is 2.12. The van der Waals surface area contributed by atoms with Crippen molar-refractivity contribution in [3.8, 4) is 6.01 Å². The minimum atomic E-state index is -1.64. The van der Waals surface area contributed by atoms with Crippen molar-refractivity contribution in [1.29, 1.82) is 0 Å². The number of rotatable bonds is 4. The molecule has 1 heterocycles. The molecule has 17 heavy (non-hydrogen) atoms. The van der Waals surface area contributed by atoms with E-state index in [4.69, 9.17) is 4.43 Å². The van der Waals surface area contributed by atoms with Gasteiger partial charge in [-0.05, 0) is 19.6 Å². The molecule has 0 saturated heterocycles. The van der Waals surface area contributed by atoms with Crippen LogP contribution in [0.25, 0.3) is 0 Å². The Kier molecular flexibility index (Phi) is 4.08. The van der Waals surface area contributed by atoms with Gasteiger partial charge in [0.1, 0.15) is 12.2 Å². The van der Waals surface area contributed by atoms with E-state index in [1.54, 1.807) is 6.33 Å². The van der Waals surface area contributed by atoms with E-state index in [1.807, 2.05) is 0 Å². The summed E-state index contributed by atoms with van der Waals surface area (Å²) in [4.78, 5) is 12.8. The van der Waals surface area contributed by atoms with Gasteiger partial charge in [-0.15, -0.1) is 0 Å². The van der Waals surface area contributed by atoms with Crippen molar-refractivity contribution in [3.63, 3.8) is 0 Å². The molecule has 6 heteroatoms. The molecule has 96 valence electrons. The first-order valence-electron chi connectivity index (χ1n) is 5.97. The molecule has 1 aromatic heterocycles. The molecule has 4 nitrogen and oxygen atoms in total. The summed E-state index contributed by atoms with van der Waals surface area (Å²) in [6, 6.07) is 0.485. The van der Waals surface area contributed by atoms with E-state index < -0.39 is 16.4 Å². The third kappa shape index (κ3) is 4.55. The van der Waals surface area contributed by atoms with Crippen LogP contribution >= 0.6 is 0 Å². The number of aromatic nitrogens is 3. The lowest BCUT2D eigenvalue weighted by Gasteiger charge is -2.24. The Morgan fingerprint density at radius 2 is 1.65 bits per heavy atom. The Balaban J connectivity index is 2.94. The monoisotopic (exact) mass is 269 g/mol. The summed E-state index contributed by atoms with van der Waals surface area (Å²) < 4.78 is 5.80. The van der Waals surface area contributed by atoms with Crippen molar-refractivity contribution in [2.24, 2.45) is 0 Å². The third-order valence-corrected chi connectivity index (χ3v) is 6.30. The Hall–Kier alpha value is -0.756. The fourth-order valence-corrected chi connectivity index (χ4v) is 2.77. The predicted molar refractivity (Wildman–Crippen MR) is 75.6 cm³/mol. The summed E-state index contributed by atoms with van der Waals surface area (Å²) in [6.45, 7) is 15.5. The maximum absolute atomic E-state index is 5.80. The summed E-state index contributed by atoms with van der Waals surface area (Å²) >= 11 is 0. The largest absolute Gasteiger partial charge is 0.518 e. The van der Waals surface area contributed by atoms with Crippen LogP contribution in [0.5, 0.6) is 6.01 Å². The van der Waals surface area contributed by atoms with Gasteiger partial charge < -0.3 is 4.43 Å². The lowest BCUT2D eigenvalue weighted by Crippen LogP contribution is -2.32. The zero-order chi connectivity index (χ0) is 13.3. The van der Waals surface area contributed by atoms with Gasteiger partial charge in [0.25, 0.3) is 0 Å². The second-order valence-corrected chi connectivity index (χ2v) is 16.5. The molecule has 1 unspecified atom stereocenters. The third-order valence-electron chi connectivity index (χ3n) is 2.65. The molecule has 1 rings (SSSR count). The number of hydrogen-bond acceptors (Lipinski definition) is 4. The lowest BCUT2D eigenvalue weighted by atomic mass is 10.4. The van der Waals surface area contributed by atoms with Gasteiger partial charge >= 0.3 is 6.01 Å². The maximum atomic E-state index is 5.80. The fraction of sp³-hybridized carbons (Fsp3) is 0.727. The van der Waals surface area contributed by atoms with Crippen LogP contribution in [0.2, 0.25) is 39.3 Å². The van der Waals surface area contributed by atoms with E-state index in [9.17, 15) is 0 Å². The Bertz CT molecular complexity index is 385. The van der Waals surface area contributed by atoms with Crippen molar-refractivity contribution < 1.29 is 4.43 Å². The van der Waals surface area contributed by atoms with Crippen LogP contribution in [0.15, 0.2) is 6.33 Å². The van der Waals surface area contributed by atoms with Crippen LogP contribution in [-0.4, -0.2) is 31.3 Å². The van der Waals surface area contributed by atoms with Crippen molar-refractivity contribution in [2.45, 2.75) is 51.7 Å². The molecule has 0 saturated carbocycles. The van der Waals surface area contributed by atoms with Gasteiger partial charge in [-0.25, -0.2) is 4.98 Å². The van der Waals surface area contributed by atoms with E-state index in [-0.39, 0.29) is 0 Å². The van der Waals surface area contributed by atoms with Crippen molar-refractivity contribution in [2.75, 3.05) is 0 Å². The summed E-state index contributed by atoms with van der Waals surface area (Å²) in [5, 5.41) is 0. The van der Waals surface area contributed by atoms with Gasteiger partial charge in [-0.1, -0.05) is 26.6 Å². The van der Waals surface area contributed by atoms with Crippen LogP contribution in [0.3, 0.4) is 0 Å². The molecule has 1 atom stereocenters. The molecule has 0 N–H and O–H groups in total. The summed E-state index contributed by atoms with van der Waals surface area (Å²) in [6.07, 6.45) is 1.56. The first kappa shape index (κ1) is 14.3. The van der Waals surface area contributed by atoms with E-state index in [0.717, 1.165) is 5.82 Å². The molecular formula is C11H23N3OSi2. The quantitative estimate of drug-likeness (QED) is 0.788. The van der Waals surface area contributed by atoms with Gasteiger partial charge in [0.05, 0.1) is 8.07 Å². The van der Waals surface area contributed by atoms with E-state index in [0.29, 0.717) is 11.6 Å².